The van der Waals surface area contributed by atoms with Crippen LogP contribution in [0.5, 0.6) is 0 Å². The van der Waals surface area contributed by atoms with E-state index >= 15 is 0 Å². The molecule has 0 fully saturated rings. The van der Waals surface area contributed by atoms with Gasteiger partial charge in [0.25, 0.3) is 5.91 Å². The third-order valence-electron chi connectivity index (χ3n) is 4.39. The first-order chi connectivity index (χ1) is 13.6. The van der Waals surface area contributed by atoms with Crippen LogP contribution < -0.4 is 0 Å². The monoisotopic (exact) mass is 392 g/mol. The molecule has 0 unspecified atom stereocenters. The standard InChI is InChI=1S/C16H14FNO.C7H7NS/c17-15-8-4-3-7-14(15)16(19)18-10-9-12-5-1-2-6-13(12)11-18;1-3-4-7-5-9-6(2)8-7/h1-8H,9-11H2;5H,1-2H3. The molecule has 0 N–H and O–H groups in total. The van der Waals surface area contributed by atoms with E-state index in [1.807, 2.05) is 37.4 Å². The average Bonchev–Trinajstić information content (AvgIpc) is 3.13. The molecule has 142 valence electrons. The lowest BCUT2D eigenvalue weighted by Crippen LogP contribution is -2.36. The van der Waals surface area contributed by atoms with Crippen molar-refractivity contribution in [3.8, 4) is 11.8 Å². The van der Waals surface area contributed by atoms with Crippen molar-refractivity contribution in [2.45, 2.75) is 26.8 Å². The molecule has 1 aliphatic rings. The minimum atomic E-state index is -0.452. The molecule has 28 heavy (non-hydrogen) atoms. The first-order valence-corrected chi connectivity index (χ1v) is 9.92. The quantitative estimate of drug-likeness (QED) is 0.555. The van der Waals surface area contributed by atoms with Gasteiger partial charge in [-0.15, -0.1) is 11.3 Å². The lowest BCUT2D eigenvalue weighted by atomic mass is 9.99. The third kappa shape index (κ3) is 4.85. The van der Waals surface area contributed by atoms with E-state index in [4.69, 9.17) is 0 Å². The van der Waals surface area contributed by atoms with Crippen LogP contribution in [-0.4, -0.2) is 22.3 Å². The number of aryl methyl sites for hydroxylation is 1. The highest BCUT2D eigenvalue weighted by Gasteiger charge is 2.23. The zero-order valence-corrected chi connectivity index (χ0v) is 16.7. The minimum absolute atomic E-state index is 0.155. The number of aromatic nitrogens is 1. The molecule has 0 aliphatic carbocycles. The highest BCUT2D eigenvalue weighted by Crippen LogP contribution is 2.21. The van der Waals surface area contributed by atoms with Gasteiger partial charge in [0.15, 0.2) is 0 Å². The van der Waals surface area contributed by atoms with Gasteiger partial charge in [-0.05, 0) is 49.4 Å². The Kier molecular flexibility index (Phi) is 6.57. The Labute approximate surface area is 168 Å². The number of halogens is 1. The molecule has 0 saturated heterocycles. The van der Waals surface area contributed by atoms with Crippen LogP contribution in [0.4, 0.5) is 4.39 Å². The molecule has 3 nitrogen and oxygen atoms in total. The van der Waals surface area contributed by atoms with Gasteiger partial charge in [0, 0.05) is 18.5 Å². The molecular weight excluding hydrogens is 371 g/mol. The van der Waals surface area contributed by atoms with Gasteiger partial charge in [-0.3, -0.25) is 4.79 Å². The Morgan fingerprint density at radius 2 is 1.86 bits per heavy atom. The van der Waals surface area contributed by atoms with Crippen molar-refractivity contribution in [2.24, 2.45) is 0 Å². The van der Waals surface area contributed by atoms with Gasteiger partial charge in [0.1, 0.15) is 11.5 Å². The van der Waals surface area contributed by atoms with E-state index in [2.05, 4.69) is 22.9 Å². The van der Waals surface area contributed by atoms with Crippen LogP contribution in [-0.2, 0) is 13.0 Å². The van der Waals surface area contributed by atoms with Crippen LogP contribution in [0.2, 0.25) is 0 Å². The molecule has 5 heteroatoms. The Morgan fingerprint density at radius 3 is 2.54 bits per heavy atom. The van der Waals surface area contributed by atoms with E-state index in [0.717, 1.165) is 22.7 Å². The molecule has 2 aromatic carbocycles. The summed E-state index contributed by atoms with van der Waals surface area (Å²) in [5, 5.41) is 3.04. The highest BCUT2D eigenvalue weighted by atomic mass is 32.1. The van der Waals surface area contributed by atoms with Crippen LogP contribution in [0.3, 0.4) is 0 Å². The van der Waals surface area contributed by atoms with E-state index in [1.165, 1.54) is 17.7 Å². The zero-order chi connectivity index (χ0) is 19.9. The molecule has 3 aromatic rings. The molecule has 0 bridgehead atoms. The van der Waals surface area contributed by atoms with E-state index < -0.39 is 5.82 Å². The molecule has 2 heterocycles. The fourth-order valence-corrected chi connectivity index (χ4v) is 3.57. The number of thiazole rings is 1. The van der Waals surface area contributed by atoms with Gasteiger partial charge in [-0.2, -0.15) is 0 Å². The second-order valence-corrected chi connectivity index (χ2v) is 7.41. The van der Waals surface area contributed by atoms with Crippen LogP contribution in [0.15, 0.2) is 53.9 Å². The first kappa shape index (κ1) is 19.8. The van der Waals surface area contributed by atoms with Crippen molar-refractivity contribution in [1.82, 2.24) is 9.88 Å². The number of fused-ring (bicyclic) bond motifs is 1. The Hall–Kier alpha value is -2.97. The molecule has 0 radical (unpaired) electrons. The van der Waals surface area contributed by atoms with Crippen molar-refractivity contribution in [3.63, 3.8) is 0 Å². The van der Waals surface area contributed by atoms with Gasteiger partial charge in [0.05, 0.1) is 10.6 Å². The lowest BCUT2D eigenvalue weighted by Gasteiger charge is -2.29. The van der Waals surface area contributed by atoms with Crippen molar-refractivity contribution in [3.05, 3.63) is 87.1 Å². The summed E-state index contributed by atoms with van der Waals surface area (Å²) in [4.78, 5) is 18.2. The van der Waals surface area contributed by atoms with Crippen molar-refractivity contribution >= 4 is 17.2 Å². The van der Waals surface area contributed by atoms with Crippen molar-refractivity contribution in [2.75, 3.05) is 6.54 Å². The number of hydrogen-bond acceptors (Lipinski definition) is 3. The maximum atomic E-state index is 13.6. The van der Waals surface area contributed by atoms with E-state index in [1.54, 1.807) is 28.4 Å². The van der Waals surface area contributed by atoms with Crippen LogP contribution >= 0.6 is 11.3 Å². The SMILES string of the molecule is CC#Cc1csc(C)n1.O=C(c1ccccc1F)N1CCc2ccccc2C1. The van der Waals surface area contributed by atoms with Crippen molar-refractivity contribution < 1.29 is 9.18 Å². The van der Waals surface area contributed by atoms with E-state index in [0.29, 0.717) is 13.1 Å². The van der Waals surface area contributed by atoms with Crippen molar-refractivity contribution in [1.29, 1.82) is 0 Å². The topological polar surface area (TPSA) is 33.2 Å². The van der Waals surface area contributed by atoms with E-state index in [-0.39, 0.29) is 11.5 Å². The van der Waals surface area contributed by atoms with Gasteiger partial charge in [-0.25, -0.2) is 9.37 Å². The predicted molar refractivity (Wildman–Crippen MR) is 111 cm³/mol. The minimum Gasteiger partial charge on any atom is -0.334 e. The highest BCUT2D eigenvalue weighted by molar-refractivity contribution is 7.09. The molecule has 0 atom stereocenters. The van der Waals surface area contributed by atoms with Crippen LogP contribution in [0.1, 0.15) is 39.1 Å². The fraction of sp³-hybridized carbons (Fsp3) is 0.217. The number of nitrogens with zero attached hydrogens (tertiary/aromatic N) is 2. The number of benzene rings is 2. The van der Waals surface area contributed by atoms with Crippen LogP contribution in [0, 0.1) is 24.6 Å². The van der Waals surface area contributed by atoms with E-state index in [9.17, 15) is 9.18 Å². The maximum Gasteiger partial charge on any atom is 0.257 e. The summed E-state index contributed by atoms with van der Waals surface area (Å²) in [5.41, 5.74) is 3.47. The second kappa shape index (κ2) is 9.29. The van der Waals surface area contributed by atoms with Gasteiger partial charge in [0.2, 0.25) is 0 Å². The maximum absolute atomic E-state index is 13.6. The Bertz CT molecular complexity index is 1030. The van der Waals surface area contributed by atoms with Gasteiger partial charge >= 0.3 is 0 Å². The number of amides is 1. The summed E-state index contributed by atoms with van der Waals surface area (Å²) < 4.78 is 13.6. The molecule has 0 spiro atoms. The summed E-state index contributed by atoms with van der Waals surface area (Å²) >= 11 is 1.63. The van der Waals surface area contributed by atoms with Gasteiger partial charge < -0.3 is 4.90 Å². The molecular formula is C23H21FN2OS. The number of hydrogen-bond donors (Lipinski definition) is 0. The Balaban J connectivity index is 0.000000211. The molecule has 1 aliphatic heterocycles. The number of rotatable bonds is 1. The molecule has 4 rings (SSSR count). The first-order valence-electron chi connectivity index (χ1n) is 9.04. The predicted octanol–water partition coefficient (Wildman–Crippen LogP) is 4.85. The summed E-state index contributed by atoms with van der Waals surface area (Å²) in [6.07, 6.45) is 0.830. The smallest absolute Gasteiger partial charge is 0.257 e. The molecule has 1 aromatic heterocycles. The lowest BCUT2D eigenvalue weighted by molar-refractivity contribution is 0.0730. The fourth-order valence-electron chi connectivity index (χ4n) is 3.02. The summed E-state index contributed by atoms with van der Waals surface area (Å²) in [5.74, 6) is 4.99. The largest absolute Gasteiger partial charge is 0.334 e. The number of carbonyl (C=O) groups excluding carboxylic acids is 1. The summed E-state index contributed by atoms with van der Waals surface area (Å²) in [7, 11) is 0. The molecule has 0 saturated carbocycles. The normalized spacial score (nSPS) is 12.2. The summed E-state index contributed by atoms with van der Waals surface area (Å²) in [6.45, 7) is 4.99. The second-order valence-electron chi connectivity index (χ2n) is 6.35. The average molecular weight is 392 g/mol. The number of carbonyl (C=O) groups is 1. The molecule has 1 amide bonds. The van der Waals surface area contributed by atoms with Gasteiger partial charge in [-0.1, -0.05) is 42.3 Å². The summed E-state index contributed by atoms with van der Waals surface area (Å²) in [6, 6.07) is 14.2. The third-order valence-corrected chi connectivity index (χ3v) is 5.17. The van der Waals surface area contributed by atoms with Crippen LogP contribution in [0.25, 0.3) is 0 Å². The zero-order valence-electron chi connectivity index (χ0n) is 15.9. The Morgan fingerprint density at radius 1 is 1.14 bits per heavy atom.